The average molecular weight is 771 g/mol. The maximum atomic E-state index is 12.7. The fraction of sp³-hybridized carbons (Fsp3) is 0.886. The van der Waals surface area contributed by atoms with E-state index in [0.29, 0.717) is 6.42 Å². The molecule has 0 rings (SSSR count). The second kappa shape index (κ2) is 40.6. The van der Waals surface area contributed by atoms with Crippen LogP contribution in [0.25, 0.3) is 0 Å². The number of rotatable bonds is 42. The molecule has 314 valence electrons. The van der Waals surface area contributed by atoms with E-state index >= 15 is 0 Å². The zero-order valence-corrected chi connectivity index (χ0v) is 35.7. The van der Waals surface area contributed by atoms with Crippen molar-refractivity contribution in [3.63, 3.8) is 0 Å². The molecule has 53 heavy (non-hydrogen) atoms. The van der Waals surface area contributed by atoms with Gasteiger partial charge < -0.3 is 21.1 Å². The van der Waals surface area contributed by atoms with Crippen LogP contribution in [0.3, 0.4) is 0 Å². The minimum absolute atomic E-state index is 0.0759. The molecule has 3 atom stereocenters. The lowest BCUT2D eigenvalue weighted by molar-refractivity contribution is -0.123. The predicted octanol–water partition coefficient (Wildman–Crippen LogP) is 12.6. The Bertz CT molecular complexity index is 886. The first-order chi connectivity index (χ1) is 25.9. The van der Waals surface area contributed by atoms with Gasteiger partial charge in [-0.15, -0.1) is 0 Å². The monoisotopic (exact) mass is 771 g/mol. The number of nitrogens with one attached hydrogen (secondary N) is 1. The number of carbonyl (C=O) groups is 1. The topological polar surface area (TPSA) is 131 Å². The Morgan fingerprint density at radius 1 is 0.604 bits per heavy atom. The van der Waals surface area contributed by atoms with Crippen molar-refractivity contribution in [1.29, 1.82) is 0 Å². The molecule has 1 amide bonds. The number of nitrogens with two attached hydrogens (primary N) is 1. The number of aliphatic hydroxyl groups is 1. The molecule has 0 heterocycles. The third-order valence-corrected chi connectivity index (χ3v) is 11.0. The molecule has 0 radical (unpaired) electrons. The molecule has 9 heteroatoms. The van der Waals surface area contributed by atoms with Crippen LogP contribution in [-0.4, -0.2) is 47.8 Å². The summed E-state index contributed by atoms with van der Waals surface area (Å²) in [7, 11) is -4.34. The fourth-order valence-electron chi connectivity index (χ4n) is 6.62. The molecule has 0 aromatic carbocycles. The number of phosphoric ester groups is 1. The van der Waals surface area contributed by atoms with E-state index in [-0.39, 0.29) is 25.7 Å². The molecule has 0 saturated carbocycles. The molecule has 0 aliphatic rings. The van der Waals surface area contributed by atoms with Crippen molar-refractivity contribution < 1.29 is 28.4 Å². The minimum Gasteiger partial charge on any atom is -0.387 e. The Morgan fingerprint density at radius 3 is 1.45 bits per heavy atom. The van der Waals surface area contributed by atoms with E-state index in [0.717, 1.165) is 38.5 Å². The molecule has 0 aromatic rings. The largest absolute Gasteiger partial charge is 0.472 e. The Hall–Kier alpha value is -1.02. The van der Waals surface area contributed by atoms with Gasteiger partial charge in [-0.2, -0.15) is 0 Å². The van der Waals surface area contributed by atoms with Crippen molar-refractivity contribution >= 4 is 13.7 Å². The molecule has 5 N–H and O–H groups in total. The second-order valence-electron chi connectivity index (χ2n) is 15.3. The van der Waals surface area contributed by atoms with E-state index in [1.54, 1.807) is 6.08 Å². The van der Waals surface area contributed by atoms with Gasteiger partial charge in [0.2, 0.25) is 5.91 Å². The van der Waals surface area contributed by atoms with Gasteiger partial charge in [-0.1, -0.05) is 205 Å². The third-order valence-electron chi connectivity index (χ3n) is 10.0. The van der Waals surface area contributed by atoms with E-state index in [1.807, 2.05) is 6.08 Å². The summed E-state index contributed by atoms with van der Waals surface area (Å²) < 4.78 is 22.1. The van der Waals surface area contributed by atoms with Crippen molar-refractivity contribution in [2.24, 2.45) is 5.73 Å². The van der Waals surface area contributed by atoms with Gasteiger partial charge in [0.05, 0.1) is 25.4 Å². The molecular weight excluding hydrogens is 683 g/mol. The summed E-state index contributed by atoms with van der Waals surface area (Å²) in [6.45, 7) is 4.13. The molecule has 0 spiro atoms. The highest BCUT2D eigenvalue weighted by molar-refractivity contribution is 7.47. The molecule has 3 unspecified atom stereocenters. The Balaban J connectivity index is 4.22. The highest BCUT2D eigenvalue weighted by Crippen LogP contribution is 2.43. The Morgan fingerprint density at radius 2 is 1.00 bits per heavy atom. The average Bonchev–Trinajstić information content (AvgIpc) is 3.14. The van der Waals surface area contributed by atoms with E-state index < -0.39 is 20.0 Å². The van der Waals surface area contributed by atoms with Crippen LogP contribution in [0.4, 0.5) is 0 Å². The summed E-state index contributed by atoms with van der Waals surface area (Å²) in [6, 6.07) is -0.872. The zero-order chi connectivity index (χ0) is 38.9. The van der Waals surface area contributed by atoms with Gasteiger partial charge in [-0.05, 0) is 32.1 Å². The lowest BCUT2D eigenvalue weighted by atomic mass is 10.0. The van der Waals surface area contributed by atoms with Gasteiger partial charge in [-0.25, -0.2) is 4.57 Å². The Kier molecular flexibility index (Phi) is 39.9. The van der Waals surface area contributed by atoms with E-state index in [4.69, 9.17) is 14.8 Å². The molecule has 0 fully saturated rings. The molecule has 0 saturated heterocycles. The first kappa shape index (κ1) is 52.0. The number of carbonyl (C=O) groups excluding carboxylic acids is 1. The predicted molar refractivity (Wildman–Crippen MR) is 226 cm³/mol. The van der Waals surface area contributed by atoms with Crippen molar-refractivity contribution in [2.45, 2.75) is 231 Å². The van der Waals surface area contributed by atoms with Crippen molar-refractivity contribution in [2.75, 3.05) is 19.8 Å². The number of allylic oxidation sites excluding steroid dienone is 3. The zero-order valence-electron chi connectivity index (χ0n) is 34.8. The summed E-state index contributed by atoms with van der Waals surface area (Å²) in [5.41, 5.74) is 5.37. The van der Waals surface area contributed by atoms with Crippen LogP contribution in [-0.2, 0) is 18.4 Å². The molecule has 8 nitrogen and oxygen atoms in total. The fourth-order valence-corrected chi connectivity index (χ4v) is 7.38. The van der Waals surface area contributed by atoms with E-state index in [2.05, 4.69) is 31.3 Å². The lowest BCUT2D eigenvalue weighted by Gasteiger charge is -2.23. The number of aliphatic hydroxyl groups excluding tert-OH is 1. The van der Waals surface area contributed by atoms with Gasteiger partial charge in [0.25, 0.3) is 0 Å². The SMILES string of the molecule is CCCCCCCCCCCCCCCC/C=C/CC/C=C/C(O)C(COP(=O)(O)OCCN)NC(=O)CCCCCCCCCCCCCCCC. The van der Waals surface area contributed by atoms with Gasteiger partial charge in [0, 0.05) is 13.0 Å². The van der Waals surface area contributed by atoms with Crippen LogP contribution in [0.15, 0.2) is 24.3 Å². The van der Waals surface area contributed by atoms with Crippen molar-refractivity contribution in [3.8, 4) is 0 Å². The summed E-state index contributed by atoms with van der Waals surface area (Å²) in [6.07, 6.45) is 46.6. The first-order valence-electron chi connectivity index (χ1n) is 22.5. The van der Waals surface area contributed by atoms with Crippen LogP contribution in [0, 0.1) is 0 Å². The lowest BCUT2D eigenvalue weighted by Crippen LogP contribution is -2.45. The number of hydrogen-bond acceptors (Lipinski definition) is 6. The van der Waals surface area contributed by atoms with Crippen LogP contribution < -0.4 is 11.1 Å². The van der Waals surface area contributed by atoms with Gasteiger partial charge >= 0.3 is 7.82 Å². The quantitative estimate of drug-likeness (QED) is 0.0276. The number of unbranched alkanes of at least 4 members (excludes halogenated alkanes) is 28. The van der Waals surface area contributed by atoms with E-state index in [1.165, 1.54) is 161 Å². The van der Waals surface area contributed by atoms with Gasteiger partial charge in [-0.3, -0.25) is 13.8 Å². The Labute approximate surface area is 327 Å². The van der Waals surface area contributed by atoms with E-state index in [9.17, 15) is 19.4 Å². The first-order valence-corrected chi connectivity index (χ1v) is 24.0. The summed E-state index contributed by atoms with van der Waals surface area (Å²) in [5.74, 6) is -0.202. The molecular formula is C44H87N2O6P. The number of amides is 1. The van der Waals surface area contributed by atoms with Crippen molar-refractivity contribution in [3.05, 3.63) is 24.3 Å². The highest BCUT2D eigenvalue weighted by atomic mass is 31.2. The van der Waals surface area contributed by atoms with Gasteiger partial charge in [0.15, 0.2) is 0 Å². The number of phosphoric acid groups is 1. The highest BCUT2D eigenvalue weighted by Gasteiger charge is 2.26. The maximum absolute atomic E-state index is 12.7. The molecule has 0 bridgehead atoms. The van der Waals surface area contributed by atoms with Crippen LogP contribution in [0.2, 0.25) is 0 Å². The molecule has 0 aliphatic heterocycles. The summed E-state index contributed by atoms with van der Waals surface area (Å²) >= 11 is 0. The van der Waals surface area contributed by atoms with Gasteiger partial charge in [0.1, 0.15) is 0 Å². The molecule has 0 aromatic heterocycles. The van der Waals surface area contributed by atoms with Crippen LogP contribution in [0.1, 0.15) is 219 Å². The second-order valence-corrected chi connectivity index (χ2v) is 16.7. The van der Waals surface area contributed by atoms with Crippen molar-refractivity contribution in [1.82, 2.24) is 5.32 Å². The number of hydrogen-bond donors (Lipinski definition) is 4. The minimum atomic E-state index is -4.34. The summed E-state index contributed by atoms with van der Waals surface area (Å²) in [5, 5.41) is 13.7. The van der Waals surface area contributed by atoms with Crippen LogP contribution in [0.5, 0.6) is 0 Å². The third kappa shape index (κ3) is 39.0. The standard InChI is InChI=1S/C44H87N2O6P/c1-3-5-7-9-11-13-15-17-19-20-21-22-23-24-25-27-29-31-33-35-37-43(47)42(41-52-53(49,50)51-40-39-45)46-44(48)38-36-34-32-30-28-26-18-16-14-12-10-8-6-4-2/h27,29,35,37,42-43,47H,3-26,28,30-34,36,38-41,45H2,1-2H3,(H,46,48)(H,49,50)/b29-27+,37-35+. The smallest absolute Gasteiger partial charge is 0.387 e. The normalized spacial score (nSPS) is 14.3. The summed E-state index contributed by atoms with van der Waals surface area (Å²) in [4.78, 5) is 22.7. The maximum Gasteiger partial charge on any atom is 0.472 e. The molecule has 0 aliphatic carbocycles. The van der Waals surface area contributed by atoms with Crippen LogP contribution >= 0.6 is 7.82 Å².